The maximum absolute atomic E-state index is 12.3. The van der Waals surface area contributed by atoms with Crippen molar-refractivity contribution in [3.8, 4) is 0 Å². The van der Waals surface area contributed by atoms with Crippen molar-refractivity contribution in [2.45, 2.75) is 25.7 Å². The van der Waals surface area contributed by atoms with Crippen LogP contribution in [0, 0.1) is 5.92 Å². The van der Waals surface area contributed by atoms with Gasteiger partial charge in [-0.05, 0) is 30.4 Å². The lowest BCUT2D eigenvalue weighted by atomic mass is 10.1. The number of nitrogens with one attached hydrogen (secondary N) is 1. The van der Waals surface area contributed by atoms with Crippen LogP contribution in [0.2, 0.25) is 0 Å². The molecule has 4 heteroatoms. The lowest BCUT2D eigenvalue weighted by Gasteiger charge is -2.16. The summed E-state index contributed by atoms with van der Waals surface area (Å²) in [6.07, 6.45) is 3.03. The summed E-state index contributed by atoms with van der Waals surface area (Å²) in [5, 5.41) is 2.98. The number of benzene rings is 2. The van der Waals surface area contributed by atoms with Gasteiger partial charge in [-0.3, -0.25) is 9.59 Å². The quantitative estimate of drug-likeness (QED) is 0.796. The number of nitrogens with zero attached hydrogens (tertiary/aromatic N) is 1. The third kappa shape index (κ3) is 5.19. The number of hydrogen-bond donors (Lipinski definition) is 1. The molecule has 2 aromatic rings. The van der Waals surface area contributed by atoms with Gasteiger partial charge < -0.3 is 10.2 Å². The van der Waals surface area contributed by atoms with Gasteiger partial charge in [0.1, 0.15) is 0 Å². The predicted molar refractivity (Wildman–Crippen MR) is 103 cm³/mol. The summed E-state index contributed by atoms with van der Waals surface area (Å²) >= 11 is 0. The van der Waals surface area contributed by atoms with Crippen LogP contribution in [0.5, 0.6) is 0 Å². The molecule has 1 saturated heterocycles. The topological polar surface area (TPSA) is 49.4 Å². The summed E-state index contributed by atoms with van der Waals surface area (Å²) in [6.45, 7) is 1.88. The molecular formula is C22H26N2O2. The van der Waals surface area contributed by atoms with E-state index in [9.17, 15) is 9.59 Å². The Morgan fingerprint density at radius 2 is 1.58 bits per heavy atom. The Hall–Kier alpha value is -2.62. The molecule has 0 aromatic heterocycles. The van der Waals surface area contributed by atoms with E-state index in [4.69, 9.17) is 0 Å². The second-order valence-corrected chi connectivity index (χ2v) is 6.86. The number of likely N-dealkylation sites (tertiary alicyclic amines) is 1. The predicted octanol–water partition coefficient (Wildman–Crippen LogP) is 2.83. The molecule has 1 aliphatic heterocycles. The fourth-order valence-corrected chi connectivity index (χ4v) is 3.40. The molecule has 1 atom stereocenters. The van der Waals surface area contributed by atoms with E-state index >= 15 is 0 Å². The van der Waals surface area contributed by atoms with Crippen LogP contribution in [0.4, 0.5) is 0 Å². The van der Waals surface area contributed by atoms with Gasteiger partial charge in [0.05, 0.1) is 5.92 Å². The Labute approximate surface area is 155 Å². The van der Waals surface area contributed by atoms with Crippen LogP contribution in [0.1, 0.15) is 24.0 Å². The average molecular weight is 350 g/mol. The molecule has 1 N–H and O–H groups in total. The number of rotatable bonds is 8. The number of aryl methyl sites for hydroxylation is 1. The van der Waals surface area contributed by atoms with E-state index in [1.807, 2.05) is 41.3 Å². The average Bonchev–Trinajstić information content (AvgIpc) is 3.04. The highest BCUT2D eigenvalue weighted by Gasteiger charge is 2.33. The summed E-state index contributed by atoms with van der Waals surface area (Å²) in [5.41, 5.74) is 2.49. The van der Waals surface area contributed by atoms with Crippen molar-refractivity contribution < 1.29 is 9.59 Å². The summed E-state index contributed by atoms with van der Waals surface area (Å²) in [5.74, 6) is -0.115. The molecule has 0 bridgehead atoms. The number of hydrogen-bond acceptors (Lipinski definition) is 2. The van der Waals surface area contributed by atoms with Gasteiger partial charge in [0, 0.05) is 26.1 Å². The Morgan fingerprint density at radius 3 is 2.23 bits per heavy atom. The van der Waals surface area contributed by atoms with E-state index in [0.717, 1.165) is 25.8 Å². The minimum absolute atomic E-state index is 0.000148. The number of carbonyl (C=O) groups excluding carboxylic acids is 2. The Morgan fingerprint density at radius 1 is 0.962 bits per heavy atom. The second-order valence-electron chi connectivity index (χ2n) is 6.86. The molecule has 0 spiro atoms. The molecule has 1 heterocycles. The molecule has 136 valence electrons. The molecule has 3 rings (SSSR count). The molecule has 26 heavy (non-hydrogen) atoms. The van der Waals surface area contributed by atoms with Crippen molar-refractivity contribution in [1.82, 2.24) is 10.2 Å². The smallest absolute Gasteiger partial charge is 0.225 e. The highest BCUT2D eigenvalue weighted by molar-refractivity contribution is 5.89. The van der Waals surface area contributed by atoms with Crippen molar-refractivity contribution >= 4 is 11.8 Å². The molecule has 2 amide bonds. The second kappa shape index (κ2) is 9.18. The number of carbonyl (C=O) groups is 2. The molecule has 1 aliphatic rings. The van der Waals surface area contributed by atoms with Crippen molar-refractivity contribution in [1.29, 1.82) is 0 Å². The van der Waals surface area contributed by atoms with Gasteiger partial charge in [-0.1, -0.05) is 60.7 Å². The van der Waals surface area contributed by atoms with Crippen molar-refractivity contribution in [3.63, 3.8) is 0 Å². The molecule has 1 fully saturated rings. The third-order valence-corrected chi connectivity index (χ3v) is 4.88. The summed E-state index contributed by atoms with van der Waals surface area (Å²) in [4.78, 5) is 26.3. The zero-order valence-corrected chi connectivity index (χ0v) is 15.1. The first-order valence-corrected chi connectivity index (χ1v) is 9.36. The van der Waals surface area contributed by atoms with E-state index < -0.39 is 0 Å². The maximum Gasteiger partial charge on any atom is 0.225 e. The first-order chi connectivity index (χ1) is 12.7. The molecule has 0 radical (unpaired) electrons. The maximum atomic E-state index is 12.3. The van der Waals surface area contributed by atoms with Gasteiger partial charge >= 0.3 is 0 Å². The normalized spacial score (nSPS) is 16.7. The lowest BCUT2D eigenvalue weighted by Crippen LogP contribution is -2.34. The minimum Gasteiger partial charge on any atom is -0.355 e. The first-order valence-electron chi connectivity index (χ1n) is 9.36. The minimum atomic E-state index is -0.213. The highest BCUT2D eigenvalue weighted by Crippen LogP contribution is 2.18. The monoisotopic (exact) mass is 350 g/mol. The standard InChI is InChI=1S/C22H26N2O2/c25-21-16-20(22(26)23-14-13-19-10-5-2-6-11-19)17-24(21)15-7-12-18-8-3-1-4-9-18/h1-6,8-11,20H,7,12-17H2,(H,23,26). The van der Waals surface area contributed by atoms with Crippen LogP contribution in [0.25, 0.3) is 0 Å². The number of amides is 2. The first kappa shape index (κ1) is 18.2. The van der Waals surface area contributed by atoms with Crippen LogP contribution < -0.4 is 5.32 Å². The molecule has 1 unspecified atom stereocenters. The SMILES string of the molecule is O=C(NCCc1ccccc1)C1CC(=O)N(CCCc2ccccc2)C1. The highest BCUT2D eigenvalue weighted by atomic mass is 16.2. The van der Waals surface area contributed by atoms with Gasteiger partial charge in [-0.2, -0.15) is 0 Å². The molecule has 0 aliphatic carbocycles. The van der Waals surface area contributed by atoms with E-state index in [-0.39, 0.29) is 17.7 Å². The largest absolute Gasteiger partial charge is 0.355 e. The summed E-state index contributed by atoms with van der Waals surface area (Å²) in [7, 11) is 0. The van der Waals surface area contributed by atoms with Crippen molar-refractivity contribution in [3.05, 3.63) is 71.8 Å². The van der Waals surface area contributed by atoms with Crippen LogP contribution in [-0.4, -0.2) is 36.3 Å². The van der Waals surface area contributed by atoms with E-state index in [0.29, 0.717) is 19.5 Å². The van der Waals surface area contributed by atoms with Gasteiger partial charge in [-0.25, -0.2) is 0 Å². The van der Waals surface area contributed by atoms with E-state index in [1.54, 1.807) is 0 Å². The van der Waals surface area contributed by atoms with Crippen LogP contribution in [0.3, 0.4) is 0 Å². The zero-order chi connectivity index (χ0) is 18.2. The Kier molecular flexibility index (Phi) is 6.42. The Balaban J connectivity index is 1.38. The van der Waals surface area contributed by atoms with Gasteiger partial charge in [0.25, 0.3) is 0 Å². The fourth-order valence-electron chi connectivity index (χ4n) is 3.40. The third-order valence-electron chi connectivity index (χ3n) is 4.88. The summed E-state index contributed by atoms with van der Waals surface area (Å²) < 4.78 is 0. The van der Waals surface area contributed by atoms with Crippen molar-refractivity contribution in [2.75, 3.05) is 19.6 Å². The zero-order valence-electron chi connectivity index (χ0n) is 15.1. The molecule has 4 nitrogen and oxygen atoms in total. The Bertz CT molecular complexity index is 715. The molecule has 2 aromatic carbocycles. The van der Waals surface area contributed by atoms with Gasteiger partial charge in [0.15, 0.2) is 0 Å². The van der Waals surface area contributed by atoms with Crippen molar-refractivity contribution in [2.24, 2.45) is 5.92 Å². The van der Waals surface area contributed by atoms with Crippen LogP contribution in [-0.2, 0) is 22.4 Å². The van der Waals surface area contributed by atoms with Crippen LogP contribution in [0.15, 0.2) is 60.7 Å². The molecular weight excluding hydrogens is 324 g/mol. The summed E-state index contributed by atoms with van der Waals surface area (Å²) in [6, 6.07) is 20.4. The van der Waals surface area contributed by atoms with Gasteiger partial charge in [0.2, 0.25) is 11.8 Å². The van der Waals surface area contributed by atoms with E-state index in [1.165, 1.54) is 11.1 Å². The lowest BCUT2D eigenvalue weighted by molar-refractivity contribution is -0.129. The van der Waals surface area contributed by atoms with E-state index in [2.05, 4.69) is 29.6 Å². The van der Waals surface area contributed by atoms with Crippen LogP contribution >= 0.6 is 0 Å². The molecule has 0 saturated carbocycles. The van der Waals surface area contributed by atoms with Gasteiger partial charge in [-0.15, -0.1) is 0 Å². The fraction of sp³-hybridized carbons (Fsp3) is 0.364.